The Morgan fingerprint density at radius 1 is 1.18 bits per heavy atom. The summed E-state index contributed by atoms with van der Waals surface area (Å²) in [5.41, 5.74) is 2.17. The number of benzene rings is 1. The number of amides is 1. The summed E-state index contributed by atoms with van der Waals surface area (Å²) >= 11 is 6.10. The Morgan fingerprint density at radius 3 is 2.53 bits per heavy atom. The summed E-state index contributed by atoms with van der Waals surface area (Å²) < 4.78 is 7.85. The van der Waals surface area contributed by atoms with E-state index in [1.807, 2.05) is 19.1 Å². The van der Waals surface area contributed by atoms with E-state index in [9.17, 15) is 14.4 Å². The summed E-state index contributed by atoms with van der Waals surface area (Å²) in [6.07, 6.45) is 1.03. The molecule has 1 aromatic carbocycles. The highest BCUT2D eigenvalue weighted by Crippen LogP contribution is 2.24. The zero-order valence-electron chi connectivity index (χ0n) is 19.1. The molecule has 3 rings (SSSR count). The molecule has 2 atom stereocenters. The van der Waals surface area contributed by atoms with Crippen LogP contribution >= 0.6 is 11.6 Å². The molecule has 0 bridgehead atoms. The number of aromatic nitrogens is 4. The summed E-state index contributed by atoms with van der Waals surface area (Å²) in [6, 6.07) is 10.0. The Bertz CT molecular complexity index is 1290. The van der Waals surface area contributed by atoms with Gasteiger partial charge in [0.05, 0.1) is 28.5 Å². The number of carbonyl (C=O) groups is 3. The summed E-state index contributed by atoms with van der Waals surface area (Å²) in [6.45, 7) is 6.34. The van der Waals surface area contributed by atoms with E-state index < -0.39 is 23.9 Å². The molecule has 2 heterocycles. The fraction of sp³-hybridized carbons (Fsp3) is 0.304. The molecule has 0 aliphatic carbocycles. The van der Waals surface area contributed by atoms with Gasteiger partial charge >= 0.3 is 5.97 Å². The predicted octanol–water partition coefficient (Wildman–Crippen LogP) is 3.37. The van der Waals surface area contributed by atoms with Crippen molar-refractivity contribution >= 4 is 29.4 Å². The molecule has 34 heavy (non-hydrogen) atoms. The molecule has 2 aromatic heterocycles. The molecule has 176 valence electrons. The molecular weight excluding hydrogens is 460 g/mol. The van der Waals surface area contributed by atoms with Gasteiger partial charge in [0.2, 0.25) is 5.91 Å². The minimum atomic E-state index is -0.744. The van der Waals surface area contributed by atoms with E-state index in [0.717, 1.165) is 10.2 Å². The van der Waals surface area contributed by atoms with Crippen LogP contribution in [0.3, 0.4) is 0 Å². The molecule has 1 unspecified atom stereocenters. The molecule has 0 fully saturated rings. The Kier molecular flexibility index (Phi) is 7.48. The molecule has 1 N–H and O–H groups in total. The summed E-state index contributed by atoms with van der Waals surface area (Å²) in [7, 11) is 0. The minimum absolute atomic E-state index is 0.0319. The number of nitrogens with one attached hydrogen (secondary N) is 1. The van der Waals surface area contributed by atoms with Crippen LogP contribution < -0.4 is 5.32 Å². The van der Waals surface area contributed by atoms with Crippen LogP contribution in [0.2, 0.25) is 5.02 Å². The van der Waals surface area contributed by atoms with E-state index in [4.69, 9.17) is 21.6 Å². The lowest BCUT2D eigenvalue weighted by Gasteiger charge is -2.13. The maximum absolute atomic E-state index is 12.7. The molecule has 1 amide bonds. The molecule has 0 saturated heterocycles. The van der Waals surface area contributed by atoms with Gasteiger partial charge in [0.25, 0.3) is 5.91 Å². The van der Waals surface area contributed by atoms with Crippen molar-refractivity contribution in [2.45, 2.75) is 46.4 Å². The molecule has 10 nitrogen and oxygen atoms in total. The third-order valence-corrected chi connectivity index (χ3v) is 5.20. The highest BCUT2D eigenvalue weighted by Gasteiger charge is 2.23. The van der Waals surface area contributed by atoms with Crippen LogP contribution in [0, 0.1) is 11.3 Å². The van der Waals surface area contributed by atoms with E-state index in [1.54, 1.807) is 36.0 Å². The van der Waals surface area contributed by atoms with Gasteiger partial charge in [-0.25, -0.2) is 4.68 Å². The number of halogens is 1. The van der Waals surface area contributed by atoms with Crippen LogP contribution in [0.4, 0.5) is 0 Å². The molecular formula is C23H23ClN6O4. The van der Waals surface area contributed by atoms with Crippen molar-refractivity contribution in [1.29, 1.82) is 5.26 Å². The van der Waals surface area contributed by atoms with Crippen LogP contribution in [0.5, 0.6) is 0 Å². The highest BCUT2D eigenvalue weighted by molar-refractivity contribution is 6.32. The summed E-state index contributed by atoms with van der Waals surface area (Å²) in [4.78, 5) is 35.9. The van der Waals surface area contributed by atoms with E-state index in [-0.39, 0.29) is 11.7 Å². The minimum Gasteiger partial charge on any atom is -0.456 e. The van der Waals surface area contributed by atoms with Crippen molar-refractivity contribution in [3.05, 3.63) is 58.5 Å². The van der Waals surface area contributed by atoms with Gasteiger partial charge in [0.15, 0.2) is 5.69 Å². The monoisotopic (exact) mass is 482 g/mol. The topological polar surface area (TPSA) is 132 Å². The first-order valence-corrected chi connectivity index (χ1v) is 10.8. The number of hydrogen-bond donors (Lipinski definition) is 1. The van der Waals surface area contributed by atoms with Crippen LogP contribution in [0.15, 0.2) is 36.5 Å². The Labute approximate surface area is 201 Å². The number of ether oxygens (including phenoxy) is 1. The second kappa shape index (κ2) is 10.3. The second-order valence-electron chi connectivity index (χ2n) is 7.74. The van der Waals surface area contributed by atoms with Crippen LogP contribution in [-0.2, 0) is 16.1 Å². The zero-order chi connectivity index (χ0) is 25.0. The first-order valence-electron chi connectivity index (χ1n) is 10.4. The van der Waals surface area contributed by atoms with Crippen LogP contribution in [0.1, 0.15) is 60.3 Å². The average Bonchev–Trinajstić information content (AvgIpc) is 3.40. The maximum Gasteiger partial charge on any atom is 0.303 e. The van der Waals surface area contributed by atoms with Crippen molar-refractivity contribution < 1.29 is 19.1 Å². The lowest BCUT2D eigenvalue weighted by Crippen LogP contribution is -2.36. The molecule has 0 saturated carbocycles. The van der Waals surface area contributed by atoms with Crippen molar-refractivity contribution in [3.8, 4) is 17.3 Å². The number of hydrogen-bond acceptors (Lipinski definition) is 7. The SMILES string of the molecule is CC(=O)OC(C)c1cc(C(=O)N[C@@H](C)Cn2ccc(-c3ccc(C#N)c(Cl)c3)n2)nn1C(C)=O. The van der Waals surface area contributed by atoms with Gasteiger partial charge < -0.3 is 10.1 Å². The normalized spacial score (nSPS) is 12.5. The smallest absolute Gasteiger partial charge is 0.303 e. The van der Waals surface area contributed by atoms with Gasteiger partial charge in [-0.1, -0.05) is 17.7 Å². The zero-order valence-corrected chi connectivity index (χ0v) is 19.8. The lowest BCUT2D eigenvalue weighted by atomic mass is 10.1. The first kappa shape index (κ1) is 24.7. The van der Waals surface area contributed by atoms with E-state index in [1.165, 1.54) is 19.9 Å². The maximum atomic E-state index is 12.7. The molecule has 11 heteroatoms. The summed E-state index contributed by atoms with van der Waals surface area (Å²) in [5, 5.41) is 20.8. The highest BCUT2D eigenvalue weighted by atomic mass is 35.5. The standard InChI is InChI=1S/C23H23ClN6O4/c1-13(12-29-8-7-20(27-29)17-5-6-18(11-25)19(24)9-17)26-23(33)21-10-22(14(2)34-16(4)32)30(28-21)15(3)31/h5-10,13-14H,12H2,1-4H3,(H,26,33)/t13-,14?/m0/s1. The Hall–Kier alpha value is -3.97. The quantitative estimate of drug-likeness (QED) is 0.510. The lowest BCUT2D eigenvalue weighted by molar-refractivity contribution is -0.146. The molecule has 0 aliphatic rings. The van der Waals surface area contributed by atoms with Gasteiger partial charge in [0.1, 0.15) is 12.2 Å². The van der Waals surface area contributed by atoms with E-state index in [0.29, 0.717) is 28.5 Å². The summed E-state index contributed by atoms with van der Waals surface area (Å²) in [5.74, 6) is -1.39. The molecule has 3 aromatic rings. The van der Waals surface area contributed by atoms with Gasteiger partial charge in [-0.3, -0.25) is 19.1 Å². The van der Waals surface area contributed by atoms with Gasteiger partial charge in [-0.2, -0.15) is 15.5 Å². The first-order chi connectivity index (χ1) is 16.1. The fourth-order valence-corrected chi connectivity index (χ4v) is 3.59. The average molecular weight is 483 g/mol. The van der Waals surface area contributed by atoms with Gasteiger partial charge in [-0.15, -0.1) is 0 Å². The number of rotatable bonds is 7. The number of carbonyl (C=O) groups excluding carboxylic acids is 3. The van der Waals surface area contributed by atoms with Crippen LogP contribution in [0.25, 0.3) is 11.3 Å². The molecule has 0 radical (unpaired) electrons. The fourth-order valence-electron chi connectivity index (χ4n) is 3.36. The van der Waals surface area contributed by atoms with Crippen molar-refractivity contribution in [2.75, 3.05) is 0 Å². The molecule has 0 spiro atoms. The van der Waals surface area contributed by atoms with E-state index in [2.05, 4.69) is 15.5 Å². The number of nitriles is 1. The molecule has 0 aliphatic heterocycles. The van der Waals surface area contributed by atoms with E-state index >= 15 is 0 Å². The Morgan fingerprint density at radius 2 is 1.91 bits per heavy atom. The van der Waals surface area contributed by atoms with Crippen molar-refractivity contribution in [2.24, 2.45) is 0 Å². The van der Waals surface area contributed by atoms with Gasteiger partial charge in [0, 0.05) is 31.6 Å². The number of esters is 1. The third-order valence-electron chi connectivity index (χ3n) is 4.89. The number of nitrogens with zero attached hydrogens (tertiary/aromatic N) is 5. The second-order valence-corrected chi connectivity index (χ2v) is 8.15. The predicted molar refractivity (Wildman–Crippen MR) is 123 cm³/mol. The van der Waals surface area contributed by atoms with Gasteiger partial charge in [-0.05, 0) is 38.1 Å². The Balaban J connectivity index is 1.69. The largest absolute Gasteiger partial charge is 0.456 e. The van der Waals surface area contributed by atoms with Crippen LogP contribution in [-0.4, -0.2) is 43.4 Å². The van der Waals surface area contributed by atoms with Crippen molar-refractivity contribution in [3.63, 3.8) is 0 Å². The third kappa shape index (κ3) is 5.68. The van der Waals surface area contributed by atoms with Crippen molar-refractivity contribution in [1.82, 2.24) is 24.9 Å².